The first-order valence-electron chi connectivity index (χ1n) is 16.7. The standard InChI is InChI=1S/C37H49N5O2S/c1-6-29(7-2)42-34-16-15-28(23-32(34)39-35(42)24-31-14-11-21-45-31)36(43)40-33(22-25(3)4)37(44)41(30-17-19-38-20-18-30)26(5)27-12-9-8-10-13-27/h8-16,21,23,25-26,29-30,33,38H,6-7,17-20,22,24H2,1-5H3,(H,40,43)/t26?,33-/m0/s1. The Morgan fingerprint density at radius 3 is 2.40 bits per heavy atom. The molecule has 0 aliphatic carbocycles. The van der Waals surface area contributed by atoms with Gasteiger partial charge in [0.15, 0.2) is 0 Å². The molecule has 0 bridgehead atoms. The van der Waals surface area contributed by atoms with E-state index >= 15 is 0 Å². The van der Waals surface area contributed by atoms with Gasteiger partial charge < -0.3 is 20.1 Å². The van der Waals surface area contributed by atoms with Crippen LogP contribution >= 0.6 is 11.3 Å². The van der Waals surface area contributed by atoms with Gasteiger partial charge in [0.1, 0.15) is 11.9 Å². The molecule has 2 aromatic heterocycles. The molecule has 2 aromatic carbocycles. The number of nitrogens with one attached hydrogen (secondary N) is 2. The molecule has 0 saturated carbocycles. The molecular formula is C37H49N5O2S. The third-order valence-corrected chi connectivity index (χ3v) is 10.1. The third kappa shape index (κ3) is 7.67. The summed E-state index contributed by atoms with van der Waals surface area (Å²) in [5, 5.41) is 8.71. The van der Waals surface area contributed by atoms with Crippen molar-refractivity contribution in [3.63, 3.8) is 0 Å². The molecule has 1 aliphatic rings. The molecule has 3 heterocycles. The fourth-order valence-electron chi connectivity index (χ4n) is 6.82. The van der Waals surface area contributed by atoms with E-state index in [1.807, 2.05) is 36.4 Å². The Bertz CT molecular complexity index is 1540. The van der Waals surface area contributed by atoms with Crippen LogP contribution in [0, 0.1) is 5.92 Å². The van der Waals surface area contributed by atoms with Crippen LogP contribution in [0.15, 0.2) is 66.0 Å². The van der Waals surface area contributed by atoms with Crippen LogP contribution in [-0.4, -0.2) is 51.4 Å². The first-order chi connectivity index (χ1) is 21.8. The molecule has 1 fully saturated rings. The van der Waals surface area contributed by atoms with Crippen molar-refractivity contribution in [1.82, 2.24) is 25.1 Å². The van der Waals surface area contributed by atoms with Crippen molar-refractivity contribution < 1.29 is 9.59 Å². The number of aromatic nitrogens is 2. The normalized spacial score (nSPS) is 15.4. The van der Waals surface area contributed by atoms with Gasteiger partial charge in [0, 0.05) is 28.9 Å². The van der Waals surface area contributed by atoms with E-state index in [1.165, 1.54) is 4.88 Å². The summed E-state index contributed by atoms with van der Waals surface area (Å²) in [6.07, 6.45) is 5.15. The lowest BCUT2D eigenvalue weighted by molar-refractivity contribution is -0.139. The molecular weight excluding hydrogens is 579 g/mol. The van der Waals surface area contributed by atoms with Crippen molar-refractivity contribution in [2.24, 2.45) is 5.92 Å². The summed E-state index contributed by atoms with van der Waals surface area (Å²) in [7, 11) is 0. The van der Waals surface area contributed by atoms with Crippen molar-refractivity contribution >= 4 is 34.2 Å². The highest BCUT2D eigenvalue weighted by Gasteiger charge is 2.35. The zero-order chi connectivity index (χ0) is 31.9. The van der Waals surface area contributed by atoms with Crippen LogP contribution < -0.4 is 10.6 Å². The van der Waals surface area contributed by atoms with Gasteiger partial charge in [0.05, 0.1) is 17.1 Å². The number of nitrogens with zero attached hydrogens (tertiary/aromatic N) is 3. The Morgan fingerprint density at radius 1 is 1.02 bits per heavy atom. The Morgan fingerprint density at radius 2 is 1.76 bits per heavy atom. The van der Waals surface area contributed by atoms with Gasteiger partial charge in [-0.1, -0.05) is 64.1 Å². The molecule has 2 N–H and O–H groups in total. The summed E-state index contributed by atoms with van der Waals surface area (Å²) < 4.78 is 2.36. The Balaban J connectivity index is 1.44. The largest absolute Gasteiger partial charge is 0.340 e. The van der Waals surface area contributed by atoms with Crippen molar-refractivity contribution in [2.45, 2.75) is 97.3 Å². The maximum atomic E-state index is 14.5. The number of benzene rings is 2. The van der Waals surface area contributed by atoms with E-state index in [1.54, 1.807) is 11.3 Å². The first-order valence-corrected chi connectivity index (χ1v) is 17.6. The number of carbonyl (C=O) groups is 2. The van der Waals surface area contributed by atoms with Crippen molar-refractivity contribution in [3.8, 4) is 0 Å². The van der Waals surface area contributed by atoms with Gasteiger partial charge in [0.2, 0.25) is 5.91 Å². The van der Waals surface area contributed by atoms with Crippen LogP contribution in [-0.2, 0) is 11.2 Å². The maximum Gasteiger partial charge on any atom is 0.252 e. The van der Waals surface area contributed by atoms with Gasteiger partial charge in [-0.2, -0.15) is 0 Å². The zero-order valence-corrected chi connectivity index (χ0v) is 28.3. The van der Waals surface area contributed by atoms with Crippen LogP contribution in [0.2, 0.25) is 0 Å². The number of thiophene rings is 1. The van der Waals surface area contributed by atoms with E-state index in [4.69, 9.17) is 4.98 Å². The average Bonchev–Trinajstić information content (AvgIpc) is 3.70. The highest BCUT2D eigenvalue weighted by Crippen LogP contribution is 2.30. The summed E-state index contributed by atoms with van der Waals surface area (Å²) >= 11 is 1.74. The van der Waals surface area contributed by atoms with E-state index in [0.717, 1.165) is 67.6 Å². The highest BCUT2D eigenvalue weighted by atomic mass is 32.1. The molecule has 1 aliphatic heterocycles. The molecule has 0 radical (unpaired) electrons. The quantitative estimate of drug-likeness (QED) is 0.161. The maximum absolute atomic E-state index is 14.5. The Kier molecular flexibility index (Phi) is 11.1. The van der Waals surface area contributed by atoms with E-state index in [9.17, 15) is 9.59 Å². The molecule has 8 heteroatoms. The molecule has 2 amide bonds. The summed E-state index contributed by atoms with van der Waals surface area (Å²) in [6, 6.07) is 20.0. The number of carbonyl (C=O) groups excluding carboxylic acids is 2. The molecule has 0 spiro atoms. The number of piperidine rings is 1. The molecule has 240 valence electrons. The van der Waals surface area contributed by atoms with Gasteiger partial charge in [-0.25, -0.2) is 4.98 Å². The monoisotopic (exact) mass is 627 g/mol. The van der Waals surface area contributed by atoms with Gasteiger partial charge in [-0.15, -0.1) is 11.3 Å². The number of hydrogen-bond acceptors (Lipinski definition) is 5. The topological polar surface area (TPSA) is 79.3 Å². The minimum Gasteiger partial charge on any atom is -0.340 e. The van der Waals surface area contributed by atoms with Crippen LogP contribution in [0.4, 0.5) is 0 Å². The van der Waals surface area contributed by atoms with Crippen molar-refractivity contribution in [3.05, 3.63) is 87.9 Å². The number of fused-ring (bicyclic) bond motifs is 1. The van der Waals surface area contributed by atoms with Crippen molar-refractivity contribution in [2.75, 3.05) is 13.1 Å². The summed E-state index contributed by atoms with van der Waals surface area (Å²) in [5.74, 6) is 1.03. The molecule has 1 unspecified atom stereocenters. The summed E-state index contributed by atoms with van der Waals surface area (Å²) in [5.41, 5.74) is 3.51. The molecule has 7 nitrogen and oxygen atoms in total. The van der Waals surface area contributed by atoms with Crippen molar-refractivity contribution in [1.29, 1.82) is 0 Å². The lowest BCUT2D eigenvalue weighted by atomic mass is 9.95. The van der Waals surface area contributed by atoms with Gasteiger partial charge in [0.25, 0.3) is 5.91 Å². The fourth-order valence-corrected chi connectivity index (χ4v) is 7.52. The van der Waals surface area contributed by atoms with Gasteiger partial charge >= 0.3 is 0 Å². The smallest absolute Gasteiger partial charge is 0.252 e. The summed E-state index contributed by atoms with van der Waals surface area (Å²) in [4.78, 5) is 36.8. The van der Waals surface area contributed by atoms with Crippen LogP contribution in [0.5, 0.6) is 0 Å². The second-order valence-corrected chi connectivity index (χ2v) is 13.8. The van der Waals surface area contributed by atoms with Crippen LogP contribution in [0.3, 0.4) is 0 Å². The number of amides is 2. The van der Waals surface area contributed by atoms with E-state index in [-0.39, 0.29) is 29.8 Å². The van der Waals surface area contributed by atoms with Gasteiger partial charge in [-0.3, -0.25) is 9.59 Å². The van der Waals surface area contributed by atoms with E-state index in [2.05, 4.69) is 84.4 Å². The van der Waals surface area contributed by atoms with E-state index < -0.39 is 6.04 Å². The minimum absolute atomic E-state index is 0.00220. The molecule has 5 rings (SSSR count). The zero-order valence-electron chi connectivity index (χ0n) is 27.5. The van der Waals surface area contributed by atoms with Crippen LogP contribution in [0.1, 0.15) is 105 Å². The van der Waals surface area contributed by atoms with Gasteiger partial charge in [-0.05, 0) is 93.2 Å². The van der Waals surface area contributed by atoms with E-state index in [0.29, 0.717) is 18.0 Å². The molecule has 1 saturated heterocycles. The first kappa shape index (κ1) is 32.9. The summed E-state index contributed by atoms with van der Waals surface area (Å²) in [6.45, 7) is 12.5. The fraction of sp³-hybridized carbons (Fsp3) is 0.486. The Labute approximate surface area is 272 Å². The lowest BCUT2D eigenvalue weighted by Crippen LogP contribution is -2.55. The second-order valence-electron chi connectivity index (χ2n) is 12.8. The predicted molar refractivity (Wildman–Crippen MR) is 185 cm³/mol. The average molecular weight is 628 g/mol. The number of imidazole rings is 1. The Hall–Kier alpha value is -3.49. The molecule has 45 heavy (non-hydrogen) atoms. The molecule has 2 atom stereocenters. The minimum atomic E-state index is -0.620. The highest BCUT2D eigenvalue weighted by molar-refractivity contribution is 7.09. The number of rotatable bonds is 13. The SMILES string of the molecule is CCC(CC)n1c(Cc2cccs2)nc2cc(C(=O)N[C@@H](CC(C)C)C(=O)N(C3CCNCC3)C(C)c3ccccc3)ccc21. The number of hydrogen-bond donors (Lipinski definition) is 2. The molecule has 4 aromatic rings. The van der Waals surface area contributed by atoms with Crippen LogP contribution in [0.25, 0.3) is 11.0 Å². The predicted octanol–water partition coefficient (Wildman–Crippen LogP) is 7.54. The third-order valence-electron chi connectivity index (χ3n) is 9.21. The second kappa shape index (κ2) is 15.2. The lowest BCUT2D eigenvalue weighted by Gasteiger charge is -2.41.